The minimum absolute atomic E-state index is 0.0145. The Hall–Kier alpha value is -1.63. The maximum Gasteiger partial charge on any atom is 0.238 e. The van der Waals surface area contributed by atoms with E-state index >= 15 is 0 Å². The monoisotopic (exact) mass is 312 g/mol. The molecule has 0 aliphatic carbocycles. The number of primary sulfonamides is 1. The first kappa shape index (κ1) is 14.8. The summed E-state index contributed by atoms with van der Waals surface area (Å²) in [4.78, 5) is 4.10. The molecule has 0 unspecified atom stereocenters. The van der Waals surface area contributed by atoms with Gasteiger partial charge in [-0.1, -0.05) is 18.2 Å². The van der Waals surface area contributed by atoms with Crippen LogP contribution in [0.25, 0.3) is 10.9 Å². The van der Waals surface area contributed by atoms with Gasteiger partial charge in [-0.3, -0.25) is 0 Å². The van der Waals surface area contributed by atoms with Crippen LogP contribution in [0.3, 0.4) is 0 Å². The van der Waals surface area contributed by atoms with Crippen molar-refractivity contribution in [1.29, 1.82) is 0 Å². The summed E-state index contributed by atoms with van der Waals surface area (Å²) >= 11 is 5.86. The molecule has 20 heavy (non-hydrogen) atoms. The van der Waals surface area contributed by atoms with Crippen molar-refractivity contribution < 1.29 is 13.2 Å². The first-order chi connectivity index (χ1) is 9.29. The van der Waals surface area contributed by atoms with E-state index in [2.05, 4.69) is 11.6 Å². The molecular weight excluding hydrogens is 300 g/mol. The molecule has 0 fully saturated rings. The highest BCUT2D eigenvalue weighted by Crippen LogP contribution is 2.30. The zero-order valence-electron chi connectivity index (χ0n) is 10.8. The highest BCUT2D eigenvalue weighted by molar-refractivity contribution is 7.89. The van der Waals surface area contributed by atoms with Gasteiger partial charge in [0.05, 0.1) is 4.90 Å². The number of nitrogens with zero attached hydrogens (tertiary/aromatic N) is 1. The number of hydrogen-bond donors (Lipinski definition) is 1. The molecule has 0 spiro atoms. The third-order valence-corrected chi connectivity index (χ3v) is 3.71. The van der Waals surface area contributed by atoms with Crippen LogP contribution in [0.5, 0.6) is 5.75 Å². The molecule has 0 saturated heterocycles. The molecule has 0 saturated carbocycles. The first-order valence-electron chi connectivity index (χ1n) is 5.68. The maximum atomic E-state index is 11.6. The summed E-state index contributed by atoms with van der Waals surface area (Å²) in [6, 6.07) is 5.95. The van der Waals surface area contributed by atoms with E-state index in [1.54, 1.807) is 6.07 Å². The molecule has 0 bridgehead atoms. The number of ether oxygens (including phenoxy) is 1. The summed E-state index contributed by atoms with van der Waals surface area (Å²) in [5.74, 6) is 0.429. The minimum Gasteiger partial charge on any atom is -0.487 e. The van der Waals surface area contributed by atoms with Crippen molar-refractivity contribution in [3.05, 3.63) is 41.6 Å². The average molecular weight is 313 g/mol. The van der Waals surface area contributed by atoms with E-state index in [-0.39, 0.29) is 10.0 Å². The second kappa shape index (κ2) is 5.40. The molecule has 106 valence electrons. The molecule has 0 amide bonds. The quantitative estimate of drug-likeness (QED) is 0.694. The van der Waals surface area contributed by atoms with E-state index in [0.29, 0.717) is 23.3 Å². The average Bonchev–Trinajstić information content (AvgIpc) is 2.34. The number of hydrogen-bond acceptors (Lipinski definition) is 4. The summed E-state index contributed by atoms with van der Waals surface area (Å²) in [5, 5.41) is 5.80. The Kier molecular flexibility index (Phi) is 3.99. The van der Waals surface area contributed by atoms with Gasteiger partial charge in [-0.15, -0.1) is 0 Å². The van der Waals surface area contributed by atoms with Gasteiger partial charge in [-0.05, 0) is 36.8 Å². The van der Waals surface area contributed by atoms with Crippen molar-refractivity contribution in [2.45, 2.75) is 11.8 Å². The van der Waals surface area contributed by atoms with Crippen LogP contribution in [0, 0.1) is 0 Å². The van der Waals surface area contributed by atoms with Crippen molar-refractivity contribution in [3.63, 3.8) is 0 Å². The smallest absolute Gasteiger partial charge is 0.238 e. The van der Waals surface area contributed by atoms with Crippen LogP contribution in [-0.4, -0.2) is 20.0 Å². The number of sulfonamides is 1. The fraction of sp³-hybridized carbons (Fsp3) is 0.154. The second-order valence-corrected chi connectivity index (χ2v) is 6.30. The predicted molar refractivity (Wildman–Crippen MR) is 78.4 cm³/mol. The van der Waals surface area contributed by atoms with Crippen molar-refractivity contribution in [2.24, 2.45) is 5.14 Å². The lowest BCUT2D eigenvalue weighted by molar-refractivity contribution is 0.356. The van der Waals surface area contributed by atoms with Gasteiger partial charge in [0.2, 0.25) is 10.0 Å². The van der Waals surface area contributed by atoms with Crippen molar-refractivity contribution in [3.8, 4) is 5.75 Å². The standard InChI is InChI=1S/C13H13ClN2O3S/c1-8(2)7-19-10-4-5-11(20(15,17)18)9-3-6-12(14)16-13(9)10/h3-6H,1,7H2,2H3,(H2,15,17,18). The van der Waals surface area contributed by atoms with Crippen LogP contribution in [0.15, 0.2) is 41.3 Å². The molecular formula is C13H13ClN2O3S. The van der Waals surface area contributed by atoms with Gasteiger partial charge in [0.1, 0.15) is 23.0 Å². The van der Waals surface area contributed by atoms with Crippen molar-refractivity contribution in [2.75, 3.05) is 6.61 Å². The first-order valence-corrected chi connectivity index (χ1v) is 7.60. The van der Waals surface area contributed by atoms with Gasteiger partial charge < -0.3 is 4.74 Å². The number of pyridine rings is 1. The normalized spacial score (nSPS) is 11.6. The molecule has 0 aliphatic rings. The number of rotatable bonds is 4. The molecule has 7 heteroatoms. The number of aromatic nitrogens is 1. The highest BCUT2D eigenvalue weighted by Gasteiger charge is 2.16. The van der Waals surface area contributed by atoms with Gasteiger partial charge in [0, 0.05) is 5.39 Å². The van der Waals surface area contributed by atoms with E-state index in [4.69, 9.17) is 21.5 Å². The van der Waals surface area contributed by atoms with Crippen molar-refractivity contribution >= 4 is 32.5 Å². The molecule has 2 N–H and O–H groups in total. The number of benzene rings is 1. The second-order valence-electron chi connectivity index (χ2n) is 4.38. The van der Waals surface area contributed by atoms with Gasteiger partial charge in [0.25, 0.3) is 0 Å². The van der Waals surface area contributed by atoms with E-state index in [9.17, 15) is 8.42 Å². The number of fused-ring (bicyclic) bond motifs is 1. The van der Waals surface area contributed by atoms with Crippen molar-refractivity contribution in [1.82, 2.24) is 4.98 Å². The molecule has 0 atom stereocenters. The van der Waals surface area contributed by atoms with Crippen LogP contribution in [-0.2, 0) is 10.0 Å². The Bertz CT molecular complexity index is 788. The Labute approximate surface area is 122 Å². The zero-order chi connectivity index (χ0) is 14.9. The Balaban J connectivity index is 2.68. The molecule has 5 nitrogen and oxygen atoms in total. The summed E-state index contributed by atoms with van der Waals surface area (Å²) < 4.78 is 28.7. The van der Waals surface area contributed by atoms with Gasteiger partial charge in [-0.2, -0.15) is 0 Å². The zero-order valence-corrected chi connectivity index (χ0v) is 12.3. The van der Waals surface area contributed by atoms with Crippen LogP contribution >= 0.6 is 11.6 Å². The topological polar surface area (TPSA) is 82.3 Å². The molecule has 1 aromatic heterocycles. The van der Waals surface area contributed by atoms with Crippen LogP contribution in [0.4, 0.5) is 0 Å². The fourth-order valence-electron chi connectivity index (χ4n) is 1.71. The summed E-state index contributed by atoms with van der Waals surface area (Å²) in [5.41, 5.74) is 1.18. The van der Waals surface area contributed by atoms with Crippen LogP contribution in [0.2, 0.25) is 5.15 Å². The Morgan fingerprint density at radius 2 is 2.10 bits per heavy atom. The molecule has 1 aromatic carbocycles. The lowest BCUT2D eigenvalue weighted by atomic mass is 10.2. The maximum absolute atomic E-state index is 11.6. The molecule has 0 aliphatic heterocycles. The van der Waals surface area contributed by atoms with E-state index in [1.165, 1.54) is 18.2 Å². The third kappa shape index (κ3) is 3.09. The molecule has 1 heterocycles. The molecule has 2 aromatic rings. The summed E-state index contributed by atoms with van der Waals surface area (Å²) in [6.07, 6.45) is 0. The van der Waals surface area contributed by atoms with Crippen LogP contribution in [0.1, 0.15) is 6.92 Å². The van der Waals surface area contributed by atoms with Gasteiger partial charge in [0.15, 0.2) is 0 Å². The van der Waals surface area contributed by atoms with Gasteiger partial charge >= 0.3 is 0 Å². The SMILES string of the molecule is C=C(C)COc1ccc(S(N)(=O)=O)c2ccc(Cl)nc12. The lowest BCUT2D eigenvalue weighted by Crippen LogP contribution is -2.13. The fourth-order valence-corrected chi connectivity index (χ4v) is 2.58. The number of nitrogens with two attached hydrogens (primary N) is 1. The summed E-state index contributed by atoms with van der Waals surface area (Å²) in [7, 11) is -3.85. The largest absolute Gasteiger partial charge is 0.487 e. The third-order valence-electron chi connectivity index (χ3n) is 2.53. The molecule has 2 rings (SSSR count). The van der Waals surface area contributed by atoms with E-state index in [1.807, 2.05) is 6.92 Å². The van der Waals surface area contributed by atoms with E-state index in [0.717, 1.165) is 5.57 Å². The van der Waals surface area contributed by atoms with Crippen LogP contribution < -0.4 is 9.88 Å². The lowest BCUT2D eigenvalue weighted by Gasteiger charge is -2.11. The number of halogens is 1. The van der Waals surface area contributed by atoms with E-state index < -0.39 is 10.0 Å². The molecule has 0 radical (unpaired) electrons. The summed E-state index contributed by atoms with van der Waals surface area (Å²) in [6.45, 7) is 5.86. The highest BCUT2D eigenvalue weighted by atomic mass is 35.5. The Morgan fingerprint density at radius 1 is 1.40 bits per heavy atom. The predicted octanol–water partition coefficient (Wildman–Crippen LogP) is 2.49. The van der Waals surface area contributed by atoms with Gasteiger partial charge in [-0.25, -0.2) is 18.5 Å². The Morgan fingerprint density at radius 3 is 2.70 bits per heavy atom. The minimum atomic E-state index is -3.85.